The lowest BCUT2D eigenvalue weighted by Crippen LogP contribution is -2.26. The number of aryl methyl sites for hydroxylation is 2. The van der Waals surface area contributed by atoms with Crippen LogP contribution in [0.15, 0.2) is 36.4 Å². The van der Waals surface area contributed by atoms with E-state index < -0.39 is 0 Å². The highest BCUT2D eigenvalue weighted by molar-refractivity contribution is 5.76. The lowest BCUT2D eigenvalue weighted by molar-refractivity contribution is -0.121. The summed E-state index contributed by atoms with van der Waals surface area (Å²) >= 11 is 0. The fraction of sp³-hybridized carbons (Fsp3) is 0.409. The third-order valence-corrected chi connectivity index (χ3v) is 4.55. The van der Waals surface area contributed by atoms with Crippen LogP contribution in [0.3, 0.4) is 0 Å². The van der Waals surface area contributed by atoms with E-state index >= 15 is 0 Å². The van der Waals surface area contributed by atoms with Crippen molar-refractivity contribution in [3.8, 4) is 17.2 Å². The second-order valence-electron chi connectivity index (χ2n) is 6.59. The monoisotopic (exact) mass is 371 g/mol. The van der Waals surface area contributed by atoms with E-state index in [2.05, 4.69) is 36.5 Å². The van der Waals surface area contributed by atoms with Crippen molar-refractivity contribution in [1.29, 1.82) is 0 Å². The minimum absolute atomic E-state index is 0.0309. The van der Waals surface area contributed by atoms with Crippen molar-refractivity contribution in [2.75, 3.05) is 21.3 Å². The number of nitrogens with one attached hydrogen (secondary N) is 1. The highest BCUT2D eigenvalue weighted by atomic mass is 16.5. The molecule has 0 aliphatic carbocycles. The van der Waals surface area contributed by atoms with Crippen LogP contribution in [-0.4, -0.2) is 27.2 Å². The van der Waals surface area contributed by atoms with Crippen molar-refractivity contribution < 1.29 is 19.0 Å². The van der Waals surface area contributed by atoms with Crippen LogP contribution in [0, 0.1) is 6.92 Å². The van der Waals surface area contributed by atoms with Crippen LogP contribution in [0.1, 0.15) is 42.5 Å². The van der Waals surface area contributed by atoms with Crippen molar-refractivity contribution in [3.05, 3.63) is 53.1 Å². The lowest BCUT2D eigenvalue weighted by atomic mass is 10.0. The first-order chi connectivity index (χ1) is 13.0. The van der Waals surface area contributed by atoms with E-state index in [0.717, 1.165) is 18.4 Å². The quantitative estimate of drug-likeness (QED) is 0.717. The first-order valence-corrected chi connectivity index (χ1v) is 9.13. The largest absolute Gasteiger partial charge is 0.493 e. The molecule has 2 aromatic carbocycles. The van der Waals surface area contributed by atoms with E-state index in [1.807, 2.05) is 19.1 Å². The smallest absolute Gasteiger partial charge is 0.220 e. The molecule has 27 heavy (non-hydrogen) atoms. The van der Waals surface area contributed by atoms with Gasteiger partial charge in [0.25, 0.3) is 0 Å². The molecule has 0 heterocycles. The van der Waals surface area contributed by atoms with Gasteiger partial charge in [-0.25, -0.2) is 0 Å². The first kappa shape index (κ1) is 20.6. The second kappa shape index (κ2) is 9.86. The summed E-state index contributed by atoms with van der Waals surface area (Å²) in [5.74, 6) is 1.73. The number of rotatable bonds is 9. The van der Waals surface area contributed by atoms with Gasteiger partial charge in [0.15, 0.2) is 11.5 Å². The predicted octanol–water partition coefficient (Wildman–Crippen LogP) is 4.22. The van der Waals surface area contributed by atoms with Crippen molar-refractivity contribution in [1.82, 2.24) is 5.32 Å². The normalized spacial score (nSPS) is 11.6. The fourth-order valence-electron chi connectivity index (χ4n) is 2.96. The Balaban J connectivity index is 1.94. The average Bonchev–Trinajstić information content (AvgIpc) is 2.68. The zero-order chi connectivity index (χ0) is 19.8. The van der Waals surface area contributed by atoms with Crippen molar-refractivity contribution in [2.24, 2.45) is 0 Å². The van der Waals surface area contributed by atoms with Gasteiger partial charge in [0.1, 0.15) is 0 Å². The zero-order valence-corrected chi connectivity index (χ0v) is 16.8. The standard InChI is InChI=1S/C22H29NO4/c1-15-9-11-17(12-10-15)7-6-8-21(24)23-16(2)18-13-19(25-3)22(27-5)20(14-18)26-4/h9-14,16H,6-8H2,1-5H3,(H,23,24). The Morgan fingerprint density at radius 2 is 1.59 bits per heavy atom. The van der Waals surface area contributed by atoms with Gasteiger partial charge >= 0.3 is 0 Å². The molecule has 5 nitrogen and oxygen atoms in total. The summed E-state index contributed by atoms with van der Waals surface area (Å²) < 4.78 is 16.1. The molecule has 1 N–H and O–H groups in total. The van der Waals surface area contributed by atoms with E-state index in [0.29, 0.717) is 23.7 Å². The fourth-order valence-corrected chi connectivity index (χ4v) is 2.96. The summed E-state index contributed by atoms with van der Waals surface area (Å²) in [5.41, 5.74) is 3.40. The van der Waals surface area contributed by atoms with Crippen LogP contribution in [0.5, 0.6) is 17.2 Å². The van der Waals surface area contributed by atoms with Crippen LogP contribution in [0.2, 0.25) is 0 Å². The topological polar surface area (TPSA) is 56.8 Å². The number of hydrogen-bond donors (Lipinski definition) is 1. The summed E-state index contributed by atoms with van der Waals surface area (Å²) in [4.78, 5) is 12.3. The van der Waals surface area contributed by atoms with Gasteiger partial charge in [0.2, 0.25) is 11.7 Å². The summed E-state index contributed by atoms with van der Waals surface area (Å²) in [7, 11) is 4.73. The number of ether oxygens (including phenoxy) is 3. The van der Waals surface area contributed by atoms with Gasteiger partial charge in [-0.05, 0) is 49.9 Å². The molecule has 0 spiro atoms. The Bertz CT molecular complexity index is 730. The van der Waals surface area contributed by atoms with E-state index in [4.69, 9.17) is 14.2 Å². The molecule has 146 valence electrons. The lowest BCUT2D eigenvalue weighted by Gasteiger charge is -2.19. The highest BCUT2D eigenvalue weighted by Gasteiger charge is 2.17. The number of benzene rings is 2. The summed E-state index contributed by atoms with van der Waals surface area (Å²) in [6.07, 6.45) is 2.20. The second-order valence-corrected chi connectivity index (χ2v) is 6.59. The Morgan fingerprint density at radius 1 is 1.00 bits per heavy atom. The Kier molecular flexibility index (Phi) is 7.53. The molecule has 5 heteroatoms. The molecule has 1 unspecified atom stereocenters. The maximum Gasteiger partial charge on any atom is 0.220 e. The molecule has 0 aliphatic rings. The predicted molar refractivity (Wildman–Crippen MR) is 107 cm³/mol. The maximum absolute atomic E-state index is 12.3. The summed E-state index contributed by atoms with van der Waals surface area (Å²) in [6.45, 7) is 4.01. The Hall–Kier alpha value is -2.69. The molecule has 0 bridgehead atoms. The minimum atomic E-state index is -0.161. The van der Waals surface area contributed by atoms with Crippen LogP contribution in [0.4, 0.5) is 0 Å². The summed E-state index contributed by atoms with van der Waals surface area (Å²) in [6, 6.07) is 12.0. The van der Waals surface area contributed by atoms with Crippen LogP contribution < -0.4 is 19.5 Å². The molecule has 0 radical (unpaired) electrons. The first-order valence-electron chi connectivity index (χ1n) is 9.13. The molecule has 2 aromatic rings. The van der Waals surface area contributed by atoms with E-state index in [9.17, 15) is 4.79 Å². The maximum atomic E-state index is 12.3. The van der Waals surface area contributed by atoms with Gasteiger partial charge in [-0.1, -0.05) is 29.8 Å². The minimum Gasteiger partial charge on any atom is -0.493 e. The molecule has 1 amide bonds. The third-order valence-electron chi connectivity index (χ3n) is 4.55. The van der Waals surface area contributed by atoms with Gasteiger partial charge < -0.3 is 19.5 Å². The summed E-state index contributed by atoms with van der Waals surface area (Å²) in [5, 5.41) is 3.04. The number of hydrogen-bond acceptors (Lipinski definition) is 4. The van der Waals surface area contributed by atoms with Gasteiger partial charge in [-0.2, -0.15) is 0 Å². The molecular formula is C22H29NO4. The Morgan fingerprint density at radius 3 is 2.11 bits per heavy atom. The third kappa shape index (κ3) is 5.64. The van der Waals surface area contributed by atoms with Gasteiger partial charge in [-0.3, -0.25) is 4.79 Å². The van der Waals surface area contributed by atoms with E-state index in [1.165, 1.54) is 11.1 Å². The van der Waals surface area contributed by atoms with Crippen molar-refractivity contribution in [2.45, 2.75) is 39.2 Å². The molecule has 2 rings (SSSR count). The number of carbonyl (C=O) groups excluding carboxylic acids is 1. The van der Waals surface area contributed by atoms with E-state index in [1.54, 1.807) is 21.3 Å². The van der Waals surface area contributed by atoms with Gasteiger partial charge in [-0.15, -0.1) is 0 Å². The number of carbonyl (C=O) groups is 1. The molecule has 0 aromatic heterocycles. The SMILES string of the molecule is COc1cc(C(C)NC(=O)CCCc2ccc(C)cc2)cc(OC)c1OC. The zero-order valence-electron chi connectivity index (χ0n) is 16.8. The van der Waals surface area contributed by atoms with Crippen LogP contribution >= 0.6 is 0 Å². The van der Waals surface area contributed by atoms with Crippen molar-refractivity contribution >= 4 is 5.91 Å². The van der Waals surface area contributed by atoms with E-state index in [-0.39, 0.29) is 11.9 Å². The molecular weight excluding hydrogens is 342 g/mol. The highest BCUT2D eigenvalue weighted by Crippen LogP contribution is 2.39. The van der Waals surface area contributed by atoms with Crippen LogP contribution in [-0.2, 0) is 11.2 Å². The molecule has 0 saturated carbocycles. The molecule has 0 saturated heterocycles. The molecule has 0 fully saturated rings. The average molecular weight is 371 g/mol. The van der Waals surface area contributed by atoms with Crippen molar-refractivity contribution in [3.63, 3.8) is 0 Å². The van der Waals surface area contributed by atoms with Gasteiger partial charge in [0, 0.05) is 6.42 Å². The number of amides is 1. The molecule has 1 atom stereocenters. The van der Waals surface area contributed by atoms with Gasteiger partial charge in [0.05, 0.1) is 27.4 Å². The Labute approximate surface area is 161 Å². The number of methoxy groups -OCH3 is 3. The molecule has 0 aliphatic heterocycles. The van der Waals surface area contributed by atoms with Crippen LogP contribution in [0.25, 0.3) is 0 Å².